The third kappa shape index (κ3) is 3.86. The van der Waals surface area contributed by atoms with Crippen molar-refractivity contribution < 1.29 is 9.59 Å². The van der Waals surface area contributed by atoms with E-state index in [1.165, 1.54) is 6.92 Å². The second kappa shape index (κ2) is 6.91. The van der Waals surface area contributed by atoms with Crippen molar-refractivity contribution >= 4 is 34.1 Å². The fourth-order valence-corrected chi connectivity index (χ4v) is 2.26. The maximum Gasteiger partial charge on any atom is 0.323 e. The van der Waals surface area contributed by atoms with Gasteiger partial charge in [-0.2, -0.15) is 10.2 Å². The van der Waals surface area contributed by atoms with Crippen LogP contribution < -0.4 is 11.0 Å². The third-order valence-corrected chi connectivity index (χ3v) is 3.46. The monoisotopic (exact) mass is 337 g/mol. The lowest BCUT2D eigenvalue weighted by Crippen LogP contribution is -2.31. The van der Waals surface area contributed by atoms with E-state index in [2.05, 4.69) is 25.5 Å². The second-order valence-corrected chi connectivity index (χ2v) is 5.39. The fraction of sp³-hybridized carbons (Fsp3) is 0.118. The number of Topliss-reactive ketones (excluding diaryl/α,β-unsaturated/α-hetero) is 1. The van der Waals surface area contributed by atoms with Crippen LogP contribution >= 0.6 is 0 Å². The summed E-state index contributed by atoms with van der Waals surface area (Å²) in [6.45, 7) is 1.28. The zero-order valence-corrected chi connectivity index (χ0v) is 13.3. The molecule has 0 aliphatic carbocycles. The fourth-order valence-electron chi connectivity index (χ4n) is 2.26. The summed E-state index contributed by atoms with van der Waals surface area (Å²) >= 11 is 0. The number of aromatic amines is 2. The van der Waals surface area contributed by atoms with Gasteiger partial charge in [-0.3, -0.25) is 9.59 Å². The van der Waals surface area contributed by atoms with Crippen molar-refractivity contribution in [2.45, 2.75) is 13.0 Å². The van der Waals surface area contributed by atoms with Gasteiger partial charge in [-0.1, -0.05) is 18.2 Å². The van der Waals surface area contributed by atoms with Crippen LogP contribution in [0.1, 0.15) is 6.92 Å². The topological polar surface area (TPSA) is 120 Å². The highest BCUT2D eigenvalue weighted by atomic mass is 16.2. The number of amides is 1. The number of hydrogen-bond acceptors (Lipinski definition) is 5. The summed E-state index contributed by atoms with van der Waals surface area (Å²) in [7, 11) is 0. The number of hydrogen-bond donors (Lipinski definition) is 3. The van der Waals surface area contributed by atoms with Gasteiger partial charge in [0.25, 0.3) is 5.91 Å². The van der Waals surface area contributed by atoms with Crippen LogP contribution in [0.25, 0.3) is 11.0 Å². The molecule has 1 heterocycles. The van der Waals surface area contributed by atoms with Crippen LogP contribution in [0.2, 0.25) is 0 Å². The second-order valence-electron chi connectivity index (χ2n) is 5.39. The average Bonchev–Trinajstić information content (AvgIpc) is 2.95. The molecule has 0 radical (unpaired) electrons. The summed E-state index contributed by atoms with van der Waals surface area (Å²) in [5.41, 5.74) is 1.86. The Morgan fingerprint density at radius 3 is 2.48 bits per heavy atom. The van der Waals surface area contributed by atoms with E-state index >= 15 is 0 Å². The molecule has 0 fully saturated rings. The first-order valence-electron chi connectivity index (χ1n) is 7.52. The number of anilines is 1. The Morgan fingerprint density at radius 1 is 1.04 bits per heavy atom. The van der Waals surface area contributed by atoms with Crippen molar-refractivity contribution in [1.82, 2.24) is 9.97 Å². The predicted octanol–water partition coefficient (Wildman–Crippen LogP) is 2.54. The summed E-state index contributed by atoms with van der Waals surface area (Å²) in [5.74, 6) is -0.980. The molecule has 3 rings (SSSR count). The molecule has 126 valence electrons. The molecule has 3 N–H and O–H groups in total. The predicted molar refractivity (Wildman–Crippen MR) is 93.0 cm³/mol. The maximum atomic E-state index is 12.3. The average molecular weight is 337 g/mol. The number of carbonyl (C=O) groups is 2. The molecule has 0 aliphatic heterocycles. The molecule has 1 atom stereocenters. The van der Waals surface area contributed by atoms with Gasteiger partial charge in [0.1, 0.15) is 0 Å². The first kappa shape index (κ1) is 16.3. The van der Waals surface area contributed by atoms with Gasteiger partial charge < -0.3 is 15.3 Å². The molecular formula is C17H15N5O3. The van der Waals surface area contributed by atoms with E-state index in [1.54, 1.807) is 42.5 Å². The molecule has 3 aromatic rings. The quantitative estimate of drug-likeness (QED) is 0.490. The highest BCUT2D eigenvalue weighted by Gasteiger charge is 2.23. The smallest absolute Gasteiger partial charge is 0.323 e. The summed E-state index contributed by atoms with van der Waals surface area (Å²) in [4.78, 5) is 40.5. The van der Waals surface area contributed by atoms with Crippen LogP contribution in [-0.2, 0) is 9.59 Å². The molecule has 0 spiro atoms. The number of H-pyrrole nitrogens is 2. The van der Waals surface area contributed by atoms with Gasteiger partial charge >= 0.3 is 5.69 Å². The first-order chi connectivity index (χ1) is 12.0. The number of fused-ring (bicyclic) bond motifs is 1. The molecule has 0 bridgehead atoms. The van der Waals surface area contributed by atoms with E-state index in [9.17, 15) is 14.4 Å². The summed E-state index contributed by atoms with van der Waals surface area (Å²) < 4.78 is 0. The standard InChI is InChI=1S/C17H15N5O3/c1-10(23)15(16(24)18-11-5-3-2-4-6-11)22-21-12-7-8-13-14(9-12)20-17(25)19-13/h2-9,15H,1H3,(H,18,24)(H2,19,20,25). The summed E-state index contributed by atoms with van der Waals surface area (Å²) in [5, 5.41) is 10.4. The van der Waals surface area contributed by atoms with Crippen LogP contribution in [0.5, 0.6) is 0 Å². The Balaban J connectivity index is 1.80. The van der Waals surface area contributed by atoms with Crippen LogP contribution in [-0.4, -0.2) is 27.7 Å². The summed E-state index contributed by atoms with van der Waals surface area (Å²) in [6, 6.07) is 12.4. The number of ketones is 1. The molecular weight excluding hydrogens is 322 g/mol. The molecule has 2 aromatic carbocycles. The lowest BCUT2D eigenvalue weighted by molar-refractivity contribution is -0.126. The van der Waals surface area contributed by atoms with Gasteiger partial charge in [-0.25, -0.2) is 4.79 Å². The van der Waals surface area contributed by atoms with Gasteiger partial charge in [0.05, 0.1) is 16.7 Å². The Morgan fingerprint density at radius 2 is 1.76 bits per heavy atom. The molecule has 0 aliphatic rings. The van der Waals surface area contributed by atoms with Crippen molar-refractivity contribution in [2.24, 2.45) is 10.2 Å². The Kier molecular flexibility index (Phi) is 4.51. The van der Waals surface area contributed by atoms with E-state index in [0.29, 0.717) is 22.4 Å². The molecule has 1 aromatic heterocycles. The van der Waals surface area contributed by atoms with Crippen LogP contribution in [0, 0.1) is 0 Å². The number of benzene rings is 2. The maximum absolute atomic E-state index is 12.3. The van der Waals surface area contributed by atoms with Crippen LogP contribution in [0.4, 0.5) is 11.4 Å². The Labute approximate surface area is 142 Å². The van der Waals surface area contributed by atoms with Gasteiger partial charge in [0.15, 0.2) is 5.78 Å². The van der Waals surface area contributed by atoms with Crippen LogP contribution in [0.15, 0.2) is 63.6 Å². The number of azo groups is 1. The van der Waals surface area contributed by atoms with E-state index in [0.717, 1.165) is 0 Å². The zero-order chi connectivity index (χ0) is 17.8. The Hall–Kier alpha value is -3.55. The molecule has 0 saturated carbocycles. The van der Waals surface area contributed by atoms with E-state index in [1.807, 2.05) is 6.07 Å². The van der Waals surface area contributed by atoms with E-state index in [4.69, 9.17) is 0 Å². The van der Waals surface area contributed by atoms with Crippen LogP contribution in [0.3, 0.4) is 0 Å². The highest BCUT2D eigenvalue weighted by Crippen LogP contribution is 2.18. The molecule has 8 nitrogen and oxygen atoms in total. The van der Waals surface area contributed by atoms with Crippen molar-refractivity contribution in [3.63, 3.8) is 0 Å². The highest BCUT2D eigenvalue weighted by molar-refractivity contribution is 6.10. The molecule has 8 heteroatoms. The zero-order valence-electron chi connectivity index (χ0n) is 13.3. The minimum Gasteiger partial charge on any atom is -0.324 e. The minimum absolute atomic E-state index is 0.326. The molecule has 1 amide bonds. The van der Waals surface area contributed by atoms with Gasteiger partial charge in [-0.15, -0.1) is 0 Å². The van der Waals surface area contributed by atoms with Gasteiger partial charge in [-0.05, 0) is 37.3 Å². The van der Waals surface area contributed by atoms with Crippen molar-refractivity contribution in [3.05, 3.63) is 59.0 Å². The van der Waals surface area contributed by atoms with Crippen molar-refractivity contribution in [3.8, 4) is 0 Å². The molecule has 0 saturated heterocycles. The number of aromatic nitrogens is 2. The normalized spacial score (nSPS) is 12.4. The number of rotatable bonds is 5. The first-order valence-corrected chi connectivity index (χ1v) is 7.52. The molecule has 25 heavy (non-hydrogen) atoms. The number of para-hydroxylation sites is 1. The molecule has 1 unspecified atom stereocenters. The van der Waals surface area contributed by atoms with Gasteiger partial charge in [0, 0.05) is 5.69 Å². The van der Waals surface area contributed by atoms with Gasteiger partial charge in [0.2, 0.25) is 6.04 Å². The minimum atomic E-state index is -1.25. The number of imidazole rings is 1. The lowest BCUT2D eigenvalue weighted by Gasteiger charge is -2.09. The lowest BCUT2D eigenvalue weighted by atomic mass is 10.2. The summed E-state index contributed by atoms with van der Waals surface area (Å²) in [6.07, 6.45) is 0. The number of nitrogens with one attached hydrogen (secondary N) is 3. The third-order valence-electron chi connectivity index (χ3n) is 3.46. The van der Waals surface area contributed by atoms with E-state index in [-0.39, 0.29) is 5.69 Å². The van der Waals surface area contributed by atoms with E-state index < -0.39 is 17.7 Å². The SMILES string of the molecule is CC(=O)C(N=Nc1ccc2[nH]c(=O)[nH]c2c1)C(=O)Nc1ccccc1. The number of nitrogens with zero attached hydrogens (tertiary/aromatic N) is 2. The van der Waals surface area contributed by atoms with Crippen molar-refractivity contribution in [1.29, 1.82) is 0 Å². The number of carbonyl (C=O) groups excluding carboxylic acids is 2. The van der Waals surface area contributed by atoms with Crippen molar-refractivity contribution in [2.75, 3.05) is 5.32 Å². The Bertz CT molecular complexity index is 1000. The largest absolute Gasteiger partial charge is 0.324 e.